The SMILES string of the molecule is CN1C(=O)c2cc(NC(=O)C3CCCCC3)ccc2OC[C@H]2O[C@@H](CC(=O)NC3CCCC3)CC[C@H]21. The Balaban J connectivity index is 1.22. The van der Waals surface area contributed by atoms with Crippen LogP contribution in [-0.4, -0.2) is 60.6 Å². The van der Waals surface area contributed by atoms with Gasteiger partial charge in [0, 0.05) is 24.7 Å². The Kier molecular flexibility index (Phi) is 7.79. The van der Waals surface area contributed by atoms with Gasteiger partial charge in [-0.1, -0.05) is 32.1 Å². The first-order valence-corrected chi connectivity index (χ1v) is 13.8. The number of hydrogen-bond acceptors (Lipinski definition) is 5. The van der Waals surface area contributed by atoms with Crippen molar-refractivity contribution in [3.63, 3.8) is 0 Å². The molecule has 0 radical (unpaired) electrons. The van der Waals surface area contributed by atoms with Crippen LogP contribution in [0.1, 0.15) is 87.4 Å². The fraction of sp³-hybridized carbons (Fsp3) is 0.679. The standard InChI is InChI=1S/C28H39N3O5/c1-31-23-13-12-21(16-26(32)29-19-9-5-6-10-19)36-25(23)17-35-24-14-11-20(15-22(24)28(31)34)30-27(33)18-7-3-2-4-8-18/h11,14-15,18-19,21,23,25H,2-10,12-13,16-17H2,1H3,(H,29,32)(H,30,33)/t21-,23-,25-/m1/s1. The molecule has 0 bridgehead atoms. The van der Waals surface area contributed by atoms with E-state index in [1.165, 1.54) is 19.3 Å². The van der Waals surface area contributed by atoms with Gasteiger partial charge in [0.15, 0.2) is 0 Å². The summed E-state index contributed by atoms with van der Waals surface area (Å²) >= 11 is 0. The highest BCUT2D eigenvalue weighted by Gasteiger charge is 2.39. The number of hydrogen-bond donors (Lipinski definition) is 2. The average Bonchev–Trinajstić information content (AvgIpc) is 3.40. The second-order valence-electron chi connectivity index (χ2n) is 11.0. The molecule has 1 aromatic rings. The molecule has 2 N–H and O–H groups in total. The average molecular weight is 498 g/mol. The third-order valence-electron chi connectivity index (χ3n) is 8.39. The first kappa shape index (κ1) is 25.1. The van der Waals surface area contributed by atoms with Gasteiger partial charge in [0.05, 0.1) is 24.1 Å². The highest BCUT2D eigenvalue weighted by Crippen LogP contribution is 2.33. The number of benzene rings is 1. The maximum absolute atomic E-state index is 13.5. The molecular weight excluding hydrogens is 458 g/mol. The number of amides is 3. The molecule has 1 saturated heterocycles. The minimum atomic E-state index is -0.296. The Morgan fingerprint density at radius 3 is 2.53 bits per heavy atom. The van der Waals surface area contributed by atoms with E-state index in [4.69, 9.17) is 9.47 Å². The minimum Gasteiger partial charge on any atom is -0.490 e. The quantitative estimate of drug-likeness (QED) is 0.640. The van der Waals surface area contributed by atoms with E-state index in [2.05, 4.69) is 10.6 Å². The van der Waals surface area contributed by atoms with Crippen molar-refractivity contribution in [3.8, 4) is 5.75 Å². The van der Waals surface area contributed by atoms with Gasteiger partial charge >= 0.3 is 0 Å². The zero-order valence-electron chi connectivity index (χ0n) is 21.3. The summed E-state index contributed by atoms with van der Waals surface area (Å²) in [6.07, 6.45) is 11.1. The van der Waals surface area contributed by atoms with E-state index in [1.807, 2.05) is 0 Å². The van der Waals surface area contributed by atoms with E-state index in [9.17, 15) is 14.4 Å². The molecule has 196 valence electrons. The van der Waals surface area contributed by atoms with E-state index in [0.717, 1.165) is 51.4 Å². The first-order chi connectivity index (χ1) is 17.5. The molecule has 2 aliphatic carbocycles. The first-order valence-electron chi connectivity index (χ1n) is 13.8. The Morgan fingerprint density at radius 1 is 1.00 bits per heavy atom. The molecule has 0 spiro atoms. The fourth-order valence-electron chi connectivity index (χ4n) is 6.28. The summed E-state index contributed by atoms with van der Waals surface area (Å²) in [5.74, 6) is 0.476. The van der Waals surface area contributed by atoms with Crippen molar-refractivity contribution >= 4 is 23.4 Å². The largest absolute Gasteiger partial charge is 0.490 e. The van der Waals surface area contributed by atoms with Gasteiger partial charge in [-0.05, 0) is 56.7 Å². The van der Waals surface area contributed by atoms with Crippen molar-refractivity contribution in [2.24, 2.45) is 5.92 Å². The van der Waals surface area contributed by atoms with Crippen molar-refractivity contribution < 1.29 is 23.9 Å². The van der Waals surface area contributed by atoms with Crippen LogP contribution >= 0.6 is 0 Å². The molecule has 3 atom stereocenters. The van der Waals surface area contributed by atoms with Gasteiger partial charge in [0.1, 0.15) is 18.5 Å². The van der Waals surface area contributed by atoms with Crippen LogP contribution in [0.25, 0.3) is 0 Å². The molecule has 1 aromatic carbocycles. The molecule has 0 aromatic heterocycles. The van der Waals surface area contributed by atoms with Gasteiger partial charge in [-0.15, -0.1) is 0 Å². The molecule has 4 aliphatic rings. The number of fused-ring (bicyclic) bond motifs is 2. The molecule has 5 rings (SSSR count). The second kappa shape index (κ2) is 11.2. The van der Waals surface area contributed by atoms with Crippen LogP contribution in [0.4, 0.5) is 5.69 Å². The van der Waals surface area contributed by atoms with Gasteiger partial charge in [0.25, 0.3) is 5.91 Å². The summed E-state index contributed by atoms with van der Waals surface area (Å²) in [6.45, 7) is 0.309. The van der Waals surface area contributed by atoms with Crippen LogP contribution in [0.5, 0.6) is 5.75 Å². The van der Waals surface area contributed by atoms with Crippen molar-refractivity contribution in [2.75, 3.05) is 19.0 Å². The molecule has 3 fully saturated rings. The monoisotopic (exact) mass is 497 g/mol. The molecule has 0 unspecified atom stereocenters. The van der Waals surface area contributed by atoms with E-state index < -0.39 is 0 Å². The molecule has 3 amide bonds. The second-order valence-corrected chi connectivity index (χ2v) is 11.0. The lowest BCUT2D eigenvalue weighted by atomic mass is 9.88. The Hall–Kier alpha value is -2.61. The van der Waals surface area contributed by atoms with Crippen molar-refractivity contribution in [1.82, 2.24) is 10.2 Å². The number of ether oxygens (including phenoxy) is 2. The zero-order chi connectivity index (χ0) is 25.1. The van der Waals surface area contributed by atoms with Gasteiger partial charge in [-0.2, -0.15) is 0 Å². The lowest BCUT2D eigenvalue weighted by Gasteiger charge is -2.42. The molecular formula is C28H39N3O5. The lowest BCUT2D eigenvalue weighted by molar-refractivity contribution is -0.134. The summed E-state index contributed by atoms with van der Waals surface area (Å²) in [4.78, 5) is 40.4. The molecule has 2 heterocycles. The molecule has 8 nitrogen and oxygen atoms in total. The number of carbonyl (C=O) groups excluding carboxylic acids is 3. The normalized spacial score (nSPS) is 27.3. The molecule has 2 aliphatic heterocycles. The van der Waals surface area contributed by atoms with Gasteiger partial charge in [-0.3, -0.25) is 14.4 Å². The fourth-order valence-corrected chi connectivity index (χ4v) is 6.28. The van der Waals surface area contributed by atoms with Crippen LogP contribution in [-0.2, 0) is 14.3 Å². The van der Waals surface area contributed by atoms with Gasteiger partial charge < -0.3 is 25.0 Å². The summed E-state index contributed by atoms with van der Waals surface area (Å²) in [5, 5.41) is 6.16. The molecule has 2 saturated carbocycles. The summed E-state index contributed by atoms with van der Waals surface area (Å²) in [7, 11) is 1.80. The maximum atomic E-state index is 13.5. The highest BCUT2D eigenvalue weighted by molar-refractivity contribution is 6.00. The van der Waals surface area contributed by atoms with E-state index in [1.54, 1.807) is 30.1 Å². The predicted molar refractivity (Wildman–Crippen MR) is 136 cm³/mol. The van der Waals surface area contributed by atoms with E-state index in [0.29, 0.717) is 36.1 Å². The topological polar surface area (TPSA) is 97.0 Å². The number of rotatable bonds is 5. The van der Waals surface area contributed by atoms with Gasteiger partial charge in [0.2, 0.25) is 11.8 Å². The molecule has 8 heteroatoms. The molecule has 36 heavy (non-hydrogen) atoms. The maximum Gasteiger partial charge on any atom is 0.257 e. The predicted octanol–water partition coefficient (Wildman–Crippen LogP) is 4.03. The number of anilines is 1. The highest BCUT2D eigenvalue weighted by atomic mass is 16.5. The lowest BCUT2D eigenvalue weighted by Crippen LogP contribution is -2.54. The number of nitrogens with zero attached hydrogens (tertiary/aromatic N) is 1. The van der Waals surface area contributed by atoms with Crippen molar-refractivity contribution in [1.29, 1.82) is 0 Å². The number of likely N-dealkylation sites (N-methyl/N-ethyl adjacent to an activating group) is 1. The van der Waals surface area contributed by atoms with E-state index in [-0.39, 0.29) is 41.9 Å². The Bertz CT molecular complexity index is 970. The summed E-state index contributed by atoms with van der Waals surface area (Å²) < 4.78 is 12.4. The van der Waals surface area contributed by atoms with Crippen LogP contribution in [0.2, 0.25) is 0 Å². The van der Waals surface area contributed by atoms with Crippen LogP contribution in [0, 0.1) is 5.92 Å². The van der Waals surface area contributed by atoms with Gasteiger partial charge in [-0.25, -0.2) is 0 Å². The van der Waals surface area contributed by atoms with E-state index >= 15 is 0 Å². The number of nitrogens with one attached hydrogen (secondary N) is 2. The number of carbonyl (C=O) groups is 3. The van der Waals surface area contributed by atoms with Crippen LogP contribution < -0.4 is 15.4 Å². The minimum absolute atomic E-state index is 0.0333. The Labute approximate surface area is 213 Å². The van der Waals surface area contributed by atoms with Crippen molar-refractivity contribution in [3.05, 3.63) is 23.8 Å². The summed E-state index contributed by atoms with van der Waals surface area (Å²) in [5.41, 5.74) is 1.08. The Morgan fingerprint density at radius 2 is 1.75 bits per heavy atom. The van der Waals surface area contributed by atoms with Crippen molar-refractivity contribution in [2.45, 2.75) is 101 Å². The third kappa shape index (κ3) is 5.69. The zero-order valence-corrected chi connectivity index (χ0v) is 21.3. The smallest absolute Gasteiger partial charge is 0.257 e. The third-order valence-corrected chi connectivity index (χ3v) is 8.39. The van der Waals surface area contributed by atoms with Crippen LogP contribution in [0.15, 0.2) is 18.2 Å². The van der Waals surface area contributed by atoms with Crippen LogP contribution in [0.3, 0.4) is 0 Å². The summed E-state index contributed by atoms with van der Waals surface area (Å²) in [6, 6.07) is 5.46.